The molecule has 3 aliphatic heterocycles. The van der Waals surface area contributed by atoms with Crippen molar-refractivity contribution in [2.45, 2.75) is 26.7 Å². The zero-order valence-corrected chi connectivity index (χ0v) is 13.7. The number of nitrogens with one attached hydrogen (secondary N) is 2. The molecule has 4 heterocycles. The minimum Gasteiger partial charge on any atom is -0.337 e. The molecule has 122 valence electrons. The molecule has 1 aromatic rings. The smallest absolute Gasteiger partial charge is 0.320 e. The highest BCUT2D eigenvalue weighted by atomic mass is 16.2. The minimum absolute atomic E-state index is 0.155. The molecule has 0 unspecified atom stereocenters. The lowest BCUT2D eigenvalue weighted by molar-refractivity contribution is -0.0140. The van der Waals surface area contributed by atoms with Gasteiger partial charge in [0, 0.05) is 18.5 Å². The van der Waals surface area contributed by atoms with E-state index < -0.39 is 0 Å². The number of carbonyl (C=O) groups is 1. The van der Waals surface area contributed by atoms with Crippen molar-refractivity contribution >= 4 is 11.8 Å². The molecule has 0 aromatic carbocycles. The summed E-state index contributed by atoms with van der Waals surface area (Å²) in [6, 6.07) is 5.16. The first kappa shape index (κ1) is 15.8. The lowest BCUT2D eigenvalue weighted by Crippen LogP contribution is -2.57. The van der Waals surface area contributed by atoms with Crippen molar-refractivity contribution in [2.24, 2.45) is 11.3 Å². The Balaban J connectivity index is 1.56. The van der Waals surface area contributed by atoms with Crippen molar-refractivity contribution < 1.29 is 4.79 Å². The summed E-state index contributed by atoms with van der Waals surface area (Å²) in [5.74, 6) is 1.17. The summed E-state index contributed by atoms with van der Waals surface area (Å²) < 4.78 is 0. The summed E-state index contributed by atoms with van der Waals surface area (Å²) in [5.41, 5.74) is 1.30. The van der Waals surface area contributed by atoms with Crippen LogP contribution in [0.15, 0.2) is 12.1 Å². The molecular weight excluding hydrogens is 290 g/mol. The molecule has 6 heteroatoms. The molecule has 3 fully saturated rings. The van der Waals surface area contributed by atoms with Crippen molar-refractivity contribution in [2.75, 3.05) is 31.5 Å². The van der Waals surface area contributed by atoms with Gasteiger partial charge in [0.2, 0.25) is 0 Å². The van der Waals surface area contributed by atoms with E-state index in [-0.39, 0.29) is 11.4 Å². The lowest BCUT2D eigenvalue weighted by atomic mass is 9.68. The zero-order valence-electron chi connectivity index (χ0n) is 13.7. The lowest BCUT2D eigenvalue weighted by Gasteiger charge is -2.51. The van der Waals surface area contributed by atoms with E-state index in [1.807, 2.05) is 0 Å². The van der Waals surface area contributed by atoms with Crippen LogP contribution >= 0.6 is 0 Å². The van der Waals surface area contributed by atoms with Gasteiger partial charge < -0.3 is 10.2 Å². The number of amides is 2. The monoisotopic (exact) mass is 313 g/mol. The first-order chi connectivity index (χ1) is 11.0. The van der Waals surface area contributed by atoms with Crippen LogP contribution in [0.1, 0.15) is 31.0 Å². The summed E-state index contributed by atoms with van der Waals surface area (Å²) in [4.78, 5) is 18.9. The molecule has 0 aliphatic carbocycles. The largest absolute Gasteiger partial charge is 0.337 e. The van der Waals surface area contributed by atoms with Crippen LogP contribution in [0, 0.1) is 29.6 Å². The molecule has 2 bridgehead atoms. The maximum absolute atomic E-state index is 12.1. The number of aromatic nitrogens is 1. The van der Waals surface area contributed by atoms with E-state index >= 15 is 0 Å². The van der Waals surface area contributed by atoms with Crippen molar-refractivity contribution in [1.82, 2.24) is 15.2 Å². The molecule has 0 radical (unpaired) electrons. The molecule has 6 nitrogen and oxygen atoms in total. The third kappa shape index (κ3) is 3.30. The van der Waals surface area contributed by atoms with E-state index in [2.05, 4.69) is 33.5 Å². The van der Waals surface area contributed by atoms with E-state index in [0.717, 1.165) is 6.54 Å². The molecule has 0 saturated carbocycles. The molecule has 23 heavy (non-hydrogen) atoms. The van der Waals surface area contributed by atoms with Crippen LogP contribution < -0.4 is 10.6 Å². The fourth-order valence-electron chi connectivity index (χ4n) is 3.82. The summed E-state index contributed by atoms with van der Waals surface area (Å²) in [7, 11) is 0. The number of hydrogen-bond acceptors (Lipinski definition) is 4. The summed E-state index contributed by atoms with van der Waals surface area (Å²) in [5, 5.41) is 14.6. The van der Waals surface area contributed by atoms with Gasteiger partial charge in [0.15, 0.2) is 0 Å². The predicted molar refractivity (Wildman–Crippen MR) is 88.0 cm³/mol. The van der Waals surface area contributed by atoms with Crippen molar-refractivity contribution in [3.8, 4) is 6.07 Å². The van der Waals surface area contributed by atoms with Gasteiger partial charge in [-0.25, -0.2) is 9.78 Å². The Morgan fingerprint density at radius 2 is 2.22 bits per heavy atom. The molecule has 2 amide bonds. The molecule has 1 aromatic heterocycles. The number of rotatable bonds is 3. The van der Waals surface area contributed by atoms with Crippen LogP contribution in [0.4, 0.5) is 10.6 Å². The van der Waals surface area contributed by atoms with E-state index in [1.165, 1.54) is 25.9 Å². The molecule has 2 N–H and O–H groups in total. The number of fused-ring (bicyclic) bond motifs is 3. The third-order valence-corrected chi connectivity index (χ3v) is 5.26. The highest BCUT2D eigenvalue weighted by Gasteiger charge is 2.43. The second kappa shape index (κ2) is 6.17. The molecular formula is C17H23N5O. The third-order valence-electron chi connectivity index (χ3n) is 5.26. The van der Waals surface area contributed by atoms with Crippen LogP contribution in [0.2, 0.25) is 0 Å². The number of nitriles is 1. The highest BCUT2D eigenvalue weighted by Crippen LogP contribution is 2.41. The van der Waals surface area contributed by atoms with Crippen LogP contribution in [-0.4, -0.2) is 42.1 Å². The number of anilines is 1. The molecule has 3 aliphatic rings. The van der Waals surface area contributed by atoms with Gasteiger partial charge in [-0.2, -0.15) is 5.26 Å². The number of piperidine rings is 3. The molecule has 1 atom stereocenters. The van der Waals surface area contributed by atoms with Crippen molar-refractivity contribution in [3.05, 3.63) is 23.4 Å². The second-order valence-corrected chi connectivity index (χ2v) is 6.95. The van der Waals surface area contributed by atoms with Gasteiger partial charge in [-0.05, 0) is 50.9 Å². The van der Waals surface area contributed by atoms with Gasteiger partial charge in [-0.1, -0.05) is 6.92 Å². The van der Waals surface area contributed by atoms with E-state index in [1.54, 1.807) is 19.1 Å². The molecule has 4 rings (SSSR count). The van der Waals surface area contributed by atoms with Gasteiger partial charge in [0.25, 0.3) is 0 Å². The van der Waals surface area contributed by atoms with E-state index in [9.17, 15) is 4.79 Å². The van der Waals surface area contributed by atoms with Gasteiger partial charge in [-0.15, -0.1) is 0 Å². The van der Waals surface area contributed by atoms with Crippen LogP contribution in [0.3, 0.4) is 0 Å². The Morgan fingerprint density at radius 3 is 2.78 bits per heavy atom. The highest BCUT2D eigenvalue weighted by molar-refractivity contribution is 5.88. The van der Waals surface area contributed by atoms with E-state index in [4.69, 9.17) is 5.26 Å². The van der Waals surface area contributed by atoms with Crippen LogP contribution in [0.25, 0.3) is 0 Å². The van der Waals surface area contributed by atoms with Gasteiger partial charge in [0.05, 0.1) is 11.3 Å². The Hall–Kier alpha value is -2.13. The van der Waals surface area contributed by atoms with Gasteiger partial charge >= 0.3 is 6.03 Å². The Morgan fingerprint density at radius 1 is 1.48 bits per heavy atom. The topological polar surface area (TPSA) is 81.1 Å². The number of hydrogen-bond donors (Lipinski definition) is 2. The zero-order chi connectivity index (χ0) is 16.4. The average molecular weight is 313 g/mol. The fourth-order valence-corrected chi connectivity index (χ4v) is 3.82. The summed E-state index contributed by atoms with van der Waals surface area (Å²) >= 11 is 0. The summed E-state index contributed by atoms with van der Waals surface area (Å²) in [6.45, 7) is 8.16. The van der Waals surface area contributed by atoms with E-state index in [0.29, 0.717) is 29.5 Å². The molecule has 0 spiro atoms. The minimum atomic E-state index is -0.237. The standard InChI is InChI=1S/C17H23N5O/c1-12-13(9-18)3-4-15(20-12)21-16(23)19-10-17(2)11-22-7-5-14(17)6-8-22/h3-4,14H,5-8,10-11H2,1-2H3,(H2,19,20,21,23)/t17-/m1/s1. The van der Waals surface area contributed by atoms with Gasteiger partial charge in [0.1, 0.15) is 11.9 Å². The van der Waals surface area contributed by atoms with Crippen LogP contribution in [-0.2, 0) is 0 Å². The number of nitrogens with zero attached hydrogens (tertiary/aromatic N) is 3. The second-order valence-electron chi connectivity index (χ2n) is 6.95. The SMILES string of the molecule is Cc1nc(NC(=O)NC[C@]2(C)CN3CCC2CC3)ccc1C#N. The normalized spacial score (nSPS) is 28.9. The number of aryl methyl sites for hydroxylation is 1. The number of carbonyl (C=O) groups excluding carboxylic acids is 1. The average Bonchev–Trinajstić information content (AvgIpc) is 2.54. The molecule has 3 saturated heterocycles. The maximum atomic E-state index is 12.1. The fraction of sp³-hybridized carbons (Fsp3) is 0.588. The number of pyridine rings is 1. The van der Waals surface area contributed by atoms with Crippen molar-refractivity contribution in [1.29, 1.82) is 5.26 Å². The van der Waals surface area contributed by atoms with Crippen molar-refractivity contribution in [3.63, 3.8) is 0 Å². The first-order valence-electron chi connectivity index (χ1n) is 8.15. The quantitative estimate of drug-likeness (QED) is 0.895. The number of urea groups is 1. The van der Waals surface area contributed by atoms with Gasteiger partial charge in [-0.3, -0.25) is 5.32 Å². The predicted octanol–water partition coefficient (Wildman–Crippen LogP) is 2.12. The first-order valence-corrected chi connectivity index (χ1v) is 8.15. The summed E-state index contributed by atoms with van der Waals surface area (Å²) in [6.07, 6.45) is 2.46. The Labute approximate surface area is 136 Å². The van der Waals surface area contributed by atoms with Crippen LogP contribution in [0.5, 0.6) is 0 Å². The Bertz CT molecular complexity index is 645. The maximum Gasteiger partial charge on any atom is 0.320 e. The Kier molecular flexibility index (Phi) is 4.22.